The zero-order valence-electron chi connectivity index (χ0n) is 11.6. The molecule has 0 aliphatic carbocycles. The van der Waals surface area contributed by atoms with Gasteiger partial charge in [-0.3, -0.25) is 0 Å². The molecule has 0 spiro atoms. The summed E-state index contributed by atoms with van der Waals surface area (Å²) in [5.41, 5.74) is 6.48. The first-order valence-electron chi connectivity index (χ1n) is 6.86. The van der Waals surface area contributed by atoms with Gasteiger partial charge in [0.05, 0.1) is 5.75 Å². The number of sulfonamides is 1. The van der Waals surface area contributed by atoms with Crippen LogP contribution in [0.1, 0.15) is 25.3 Å². The fourth-order valence-corrected chi connectivity index (χ4v) is 4.16. The Kier molecular flexibility index (Phi) is 4.78. The van der Waals surface area contributed by atoms with E-state index in [4.69, 9.17) is 5.73 Å². The number of benzene rings is 1. The summed E-state index contributed by atoms with van der Waals surface area (Å²) in [5, 5.41) is 0. The molecule has 1 fully saturated rings. The summed E-state index contributed by atoms with van der Waals surface area (Å²) >= 11 is 0. The molecule has 0 unspecified atom stereocenters. The van der Waals surface area contributed by atoms with Crippen molar-refractivity contribution in [2.45, 2.75) is 31.6 Å². The van der Waals surface area contributed by atoms with E-state index in [1.807, 2.05) is 6.92 Å². The molecule has 1 heterocycles. The van der Waals surface area contributed by atoms with Crippen molar-refractivity contribution in [3.8, 4) is 0 Å². The van der Waals surface area contributed by atoms with E-state index in [2.05, 4.69) is 0 Å². The zero-order valence-corrected chi connectivity index (χ0v) is 12.4. The van der Waals surface area contributed by atoms with E-state index in [1.54, 1.807) is 0 Å². The molecule has 1 aliphatic rings. The Morgan fingerprint density at radius 1 is 1.40 bits per heavy atom. The molecule has 20 heavy (non-hydrogen) atoms. The molecule has 2 atom stereocenters. The van der Waals surface area contributed by atoms with Gasteiger partial charge >= 0.3 is 0 Å². The maximum absolute atomic E-state index is 12.8. The van der Waals surface area contributed by atoms with Crippen LogP contribution in [0.3, 0.4) is 0 Å². The quantitative estimate of drug-likeness (QED) is 0.921. The van der Waals surface area contributed by atoms with E-state index in [9.17, 15) is 12.8 Å². The van der Waals surface area contributed by atoms with Crippen LogP contribution in [0.2, 0.25) is 0 Å². The van der Waals surface area contributed by atoms with Crippen LogP contribution >= 0.6 is 0 Å². The molecule has 6 heteroatoms. The van der Waals surface area contributed by atoms with Crippen LogP contribution in [0.15, 0.2) is 24.3 Å². The molecule has 2 N–H and O–H groups in total. The Balaban J connectivity index is 2.08. The van der Waals surface area contributed by atoms with Gasteiger partial charge in [0.1, 0.15) is 5.82 Å². The second-order valence-corrected chi connectivity index (χ2v) is 7.47. The molecule has 1 aromatic carbocycles. The lowest BCUT2D eigenvalue weighted by Gasteiger charge is -2.33. The minimum atomic E-state index is -3.36. The van der Waals surface area contributed by atoms with Crippen LogP contribution < -0.4 is 5.73 Å². The fourth-order valence-electron chi connectivity index (χ4n) is 2.54. The summed E-state index contributed by atoms with van der Waals surface area (Å²) in [7, 11) is -3.36. The van der Waals surface area contributed by atoms with Crippen LogP contribution in [-0.4, -0.2) is 31.9 Å². The zero-order chi connectivity index (χ0) is 14.8. The van der Waals surface area contributed by atoms with Gasteiger partial charge in [-0.05, 0) is 43.4 Å². The second-order valence-electron chi connectivity index (χ2n) is 5.50. The lowest BCUT2D eigenvalue weighted by molar-refractivity contribution is 0.243. The highest BCUT2D eigenvalue weighted by Gasteiger charge is 2.30. The highest BCUT2D eigenvalue weighted by atomic mass is 32.2. The minimum Gasteiger partial charge on any atom is -0.328 e. The van der Waals surface area contributed by atoms with Gasteiger partial charge in [0.25, 0.3) is 0 Å². The van der Waals surface area contributed by atoms with Crippen molar-refractivity contribution in [1.82, 2.24) is 4.31 Å². The summed E-state index contributed by atoms with van der Waals surface area (Å²) in [6.45, 7) is 2.95. The molecule has 2 rings (SSSR count). The third-order valence-electron chi connectivity index (χ3n) is 3.82. The Morgan fingerprint density at radius 3 is 2.65 bits per heavy atom. The maximum Gasteiger partial charge on any atom is 0.218 e. The predicted octanol–water partition coefficient (Wildman–Crippen LogP) is 1.71. The van der Waals surface area contributed by atoms with Gasteiger partial charge in [-0.2, -0.15) is 0 Å². The van der Waals surface area contributed by atoms with E-state index >= 15 is 0 Å². The van der Waals surface area contributed by atoms with Crippen LogP contribution in [0.25, 0.3) is 0 Å². The molecule has 1 aromatic rings. The molecule has 1 saturated heterocycles. The van der Waals surface area contributed by atoms with Gasteiger partial charge in [-0.25, -0.2) is 17.1 Å². The molecular weight excluding hydrogens is 279 g/mol. The molecule has 1 aliphatic heterocycles. The first kappa shape index (κ1) is 15.4. The number of nitrogens with zero attached hydrogens (tertiary/aromatic N) is 1. The number of nitrogens with two attached hydrogens (primary N) is 1. The molecule has 0 aromatic heterocycles. The predicted molar refractivity (Wildman–Crippen MR) is 77.0 cm³/mol. The van der Waals surface area contributed by atoms with Crippen molar-refractivity contribution in [2.24, 2.45) is 11.7 Å². The van der Waals surface area contributed by atoms with Crippen molar-refractivity contribution >= 4 is 10.0 Å². The second kappa shape index (κ2) is 6.20. The van der Waals surface area contributed by atoms with E-state index in [0.717, 1.165) is 12.8 Å². The van der Waals surface area contributed by atoms with Crippen LogP contribution in [0, 0.1) is 11.7 Å². The third-order valence-corrected chi connectivity index (χ3v) is 5.64. The first-order valence-corrected chi connectivity index (χ1v) is 8.47. The van der Waals surface area contributed by atoms with Gasteiger partial charge in [0, 0.05) is 19.1 Å². The summed E-state index contributed by atoms with van der Waals surface area (Å²) in [5.74, 6) is -0.230. The Labute approximate surface area is 119 Å². The highest BCUT2D eigenvalue weighted by molar-refractivity contribution is 7.88. The number of rotatable bonds is 4. The van der Waals surface area contributed by atoms with Crippen molar-refractivity contribution in [1.29, 1.82) is 0 Å². The van der Waals surface area contributed by atoms with E-state index in [1.165, 1.54) is 28.6 Å². The number of hydrogen-bond acceptors (Lipinski definition) is 3. The smallest absolute Gasteiger partial charge is 0.218 e. The van der Waals surface area contributed by atoms with Gasteiger partial charge in [-0.15, -0.1) is 0 Å². The maximum atomic E-state index is 12.8. The first-order chi connectivity index (χ1) is 9.38. The van der Waals surface area contributed by atoms with E-state index in [-0.39, 0.29) is 23.5 Å². The number of hydrogen-bond donors (Lipinski definition) is 1. The SMILES string of the molecule is C[C@@H](N)[C@H]1CCCN(S(=O)(=O)Cc2ccc(F)cc2)C1. The Bertz CT molecular complexity index is 543. The van der Waals surface area contributed by atoms with Gasteiger partial charge in [0.15, 0.2) is 0 Å². The molecule has 112 valence electrons. The van der Waals surface area contributed by atoms with E-state index in [0.29, 0.717) is 18.7 Å². The lowest BCUT2D eigenvalue weighted by Crippen LogP contribution is -2.45. The fraction of sp³-hybridized carbons (Fsp3) is 0.571. The van der Waals surface area contributed by atoms with E-state index < -0.39 is 10.0 Å². The van der Waals surface area contributed by atoms with Gasteiger partial charge < -0.3 is 5.73 Å². The normalized spacial score (nSPS) is 22.6. The van der Waals surface area contributed by atoms with Crippen molar-refractivity contribution in [3.05, 3.63) is 35.6 Å². The number of piperidine rings is 1. The average Bonchev–Trinajstić information content (AvgIpc) is 2.41. The molecule has 0 saturated carbocycles. The third kappa shape index (κ3) is 3.77. The lowest BCUT2D eigenvalue weighted by atomic mass is 9.93. The highest BCUT2D eigenvalue weighted by Crippen LogP contribution is 2.23. The standard InChI is InChI=1S/C14H21FN2O2S/c1-11(16)13-3-2-8-17(9-13)20(18,19)10-12-4-6-14(15)7-5-12/h4-7,11,13H,2-3,8-10,16H2,1H3/t11-,13+/m1/s1. The van der Waals surface area contributed by atoms with Crippen molar-refractivity contribution < 1.29 is 12.8 Å². The average molecular weight is 300 g/mol. The topological polar surface area (TPSA) is 63.4 Å². The summed E-state index contributed by atoms with van der Waals surface area (Å²) in [4.78, 5) is 0. The molecule has 4 nitrogen and oxygen atoms in total. The summed E-state index contributed by atoms with van der Waals surface area (Å²) in [6, 6.07) is 5.59. The molecule has 0 bridgehead atoms. The number of halogens is 1. The van der Waals surface area contributed by atoms with Gasteiger partial charge in [-0.1, -0.05) is 12.1 Å². The monoisotopic (exact) mass is 300 g/mol. The van der Waals surface area contributed by atoms with Crippen molar-refractivity contribution in [2.75, 3.05) is 13.1 Å². The van der Waals surface area contributed by atoms with Crippen LogP contribution in [-0.2, 0) is 15.8 Å². The summed E-state index contributed by atoms with van der Waals surface area (Å²) < 4.78 is 39.2. The van der Waals surface area contributed by atoms with Gasteiger partial charge in [0.2, 0.25) is 10.0 Å². The largest absolute Gasteiger partial charge is 0.328 e. The van der Waals surface area contributed by atoms with Crippen LogP contribution in [0.5, 0.6) is 0 Å². The van der Waals surface area contributed by atoms with Crippen LogP contribution in [0.4, 0.5) is 4.39 Å². The Morgan fingerprint density at radius 2 is 2.05 bits per heavy atom. The van der Waals surface area contributed by atoms with Crippen molar-refractivity contribution in [3.63, 3.8) is 0 Å². The minimum absolute atomic E-state index is 0.00109. The molecule has 0 amide bonds. The summed E-state index contributed by atoms with van der Waals surface area (Å²) in [6.07, 6.45) is 1.81. The molecular formula is C14H21FN2O2S. The molecule has 0 radical (unpaired) electrons. The Hall–Kier alpha value is -0.980.